The molecule has 354 valence electrons. The van der Waals surface area contributed by atoms with Gasteiger partial charge in [0.05, 0.1) is 23.9 Å². The van der Waals surface area contributed by atoms with E-state index < -0.39 is 35.8 Å². The molecule has 0 bridgehead atoms. The zero-order valence-electron chi connectivity index (χ0n) is 37.8. The van der Waals surface area contributed by atoms with Gasteiger partial charge in [-0.25, -0.2) is 9.59 Å². The van der Waals surface area contributed by atoms with Crippen molar-refractivity contribution in [2.75, 3.05) is 11.9 Å². The lowest BCUT2D eigenvalue weighted by molar-refractivity contribution is -0.207. The Morgan fingerprint density at radius 1 is 0.864 bits per heavy atom. The molecule has 9 rings (SSSR count). The number of aliphatic hydroxyl groups excluding tert-OH is 3. The van der Waals surface area contributed by atoms with Crippen LogP contribution in [0.5, 0.6) is 23.0 Å². The number of esters is 1. The number of fused-ring (bicyclic) bond motifs is 11. The summed E-state index contributed by atoms with van der Waals surface area (Å²) in [5.41, 5.74) is 0.675. The first kappa shape index (κ1) is 46.2. The van der Waals surface area contributed by atoms with E-state index in [0.29, 0.717) is 71.7 Å². The molecule has 12 atom stereocenters. The lowest BCUT2D eigenvalue weighted by Gasteiger charge is -2.63. The van der Waals surface area contributed by atoms with Crippen molar-refractivity contribution in [2.24, 2.45) is 46.3 Å². The summed E-state index contributed by atoms with van der Waals surface area (Å²) in [4.78, 5) is 39.0. The molecule has 0 aromatic heterocycles. The number of anilines is 1. The number of hydrogen-bond donors (Lipinski definition) is 9. The zero-order chi connectivity index (χ0) is 46.9. The van der Waals surface area contributed by atoms with Gasteiger partial charge in [0.2, 0.25) is 5.91 Å². The number of aromatic hydroxyl groups is 2. The molecule has 2 heterocycles. The molecular formula is C51H63N3O11S. The van der Waals surface area contributed by atoms with Crippen LogP contribution in [-0.4, -0.2) is 84.5 Å². The normalized spacial score (nSPS) is 31.9. The second-order valence-corrected chi connectivity index (χ2v) is 21.1. The maximum Gasteiger partial charge on any atom is 0.340 e. The van der Waals surface area contributed by atoms with Crippen LogP contribution in [0.25, 0.3) is 0 Å². The highest BCUT2D eigenvalue weighted by Gasteiger charge is 2.66. The molecule has 14 nitrogen and oxygen atoms in total. The van der Waals surface area contributed by atoms with Crippen molar-refractivity contribution in [3.05, 3.63) is 76.9 Å². The second kappa shape index (κ2) is 17.6. The number of unbranched alkanes of at least 4 members (excludes halogenated alkanes) is 1. The minimum Gasteiger partial charge on any atom is -0.508 e. The standard InChI is InChI=1S/C51H63N3O11S/c1-26(33-14-15-37-45-38(25-43(59)50(33,37)3)49(2)18-17-31(57)20-27(49)21-40(45)58)7-16-44(60)54-39(46(61)62)6-4-5-19-52-48(66)53-28-8-11-34-32(22-28)47(63)65-51(34)35-12-9-29(55)23-41(35)64-42-24-30(56)10-13-36(42)51/h8-13,22-24,26-27,31,33,37-40,43,45,55-59H,4-7,14-21,25H2,1-3H3,(H,54,60)(H,61,62)(H2,52,53,66)/t26?,27?,31?,33?,37?,38?,39?,40?,43?,45?,49-,50+/m0/s1. The van der Waals surface area contributed by atoms with E-state index in [1.54, 1.807) is 30.3 Å². The Kier molecular flexibility index (Phi) is 12.3. The predicted molar refractivity (Wildman–Crippen MR) is 248 cm³/mol. The van der Waals surface area contributed by atoms with Crippen molar-refractivity contribution >= 4 is 40.9 Å². The zero-order valence-corrected chi connectivity index (χ0v) is 38.6. The van der Waals surface area contributed by atoms with Crippen LogP contribution in [0.3, 0.4) is 0 Å². The first-order chi connectivity index (χ1) is 31.4. The molecule has 15 heteroatoms. The molecule has 6 aliphatic rings. The number of thiocarbonyl (C=S) groups is 1. The van der Waals surface area contributed by atoms with Gasteiger partial charge < -0.3 is 56.1 Å². The number of phenolic OH excluding ortho intramolecular Hbond substituents is 2. The molecule has 66 heavy (non-hydrogen) atoms. The SMILES string of the molecule is CC(CCC(=O)NC(CCCCNC(=S)Nc1ccc2c(c1)C(=O)OC21c2ccc(O)cc2Oc2cc(O)ccc21)C(=O)O)C1CCC2C3C(O)CC4CC(O)CC[C@]4(C)C3CC(O)[C@]12C. The summed E-state index contributed by atoms with van der Waals surface area (Å²) >= 11 is 5.55. The molecule has 10 unspecified atom stereocenters. The van der Waals surface area contributed by atoms with Gasteiger partial charge in [0.1, 0.15) is 29.0 Å². The van der Waals surface area contributed by atoms with Crippen LogP contribution < -0.4 is 20.7 Å². The van der Waals surface area contributed by atoms with Crippen LogP contribution in [0.15, 0.2) is 54.6 Å². The number of carboxylic acids is 1. The predicted octanol–water partition coefficient (Wildman–Crippen LogP) is 7.07. The fourth-order valence-electron chi connectivity index (χ4n) is 13.8. The number of nitrogens with one attached hydrogen (secondary N) is 3. The van der Waals surface area contributed by atoms with Gasteiger partial charge in [0, 0.05) is 47.5 Å². The summed E-state index contributed by atoms with van der Waals surface area (Å²) in [7, 11) is 0. The monoisotopic (exact) mass is 925 g/mol. The Labute approximate surface area is 390 Å². The van der Waals surface area contributed by atoms with Gasteiger partial charge in [0.25, 0.3) is 0 Å². The van der Waals surface area contributed by atoms with Gasteiger partial charge in [-0.3, -0.25) is 4.79 Å². The molecule has 4 fully saturated rings. The molecule has 1 spiro atoms. The number of carboxylic acid groups (broad SMARTS) is 1. The maximum absolute atomic E-state index is 13.5. The van der Waals surface area contributed by atoms with Crippen molar-refractivity contribution in [1.29, 1.82) is 0 Å². The summed E-state index contributed by atoms with van der Waals surface area (Å²) in [6.45, 7) is 7.10. The number of aliphatic carboxylic acids is 1. The van der Waals surface area contributed by atoms with E-state index in [2.05, 4.69) is 36.7 Å². The van der Waals surface area contributed by atoms with Crippen LogP contribution in [0.2, 0.25) is 0 Å². The number of ether oxygens (including phenoxy) is 2. The Balaban J connectivity index is 0.746. The molecule has 2 aliphatic heterocycles. The Bertz CT molecular complexity index is 2360. The average Bonchev–Trinajstić information content (AvgIpc) is 3.77. The maximum atomic E-state index is 13.5. The number of rotatable bonds is 12. The van der Waals surface area contributed by atoms with Gasteiger partial charge in [-0.1, -0.05) is 26.8 Å². The highest BCUT2D eigenvalue weighted by atomic mass is 32.1. The minimum absolute atomic E-state index is 0.000717. The van der Waals surface area contributed by atoms with Crippen molar-refractivity contribution in [1.82, 2.24) is 10.6 Å². The fourth-order valence-corrected chi connectivity index (χ4v) is 14.1. The smallest absolute Gasteiger partial charge is 0.340 e. The molecule has 0 saturated heterocycles. The number of benzene rings is 3. The fraction of sp³-hybridized carbons (Fsp3) is 0.569. The molecular weight excluding hydrogens is 863 g/mol. The lowest BCUT2D eigenvalue weighted by Crippen LogP contribution is -2.62. The van der Waals surface area contributed by atoms with E-state index in [-0.39, 0.29) is 94.2 Å². The first-order valence-electron chi connectivity index (χ1n) is 23.8. The van der Waals surface area contributed by atoms with Gasteiger partial charge in [0.15, 0.2) is 10.7 Å². The van der Waals surface area contributed by atoms with Crippen LogP contribution in [0.1, 0.15) is 125 Å². The number of carbonyl (C=O) groups is 3. The quantitative estimate of drug-likeness (QED) is 0.0503. The molecule has 9 N–H and O–H groups in total. The second-order valence-electron chi connectivity index (χ2n) is 20.7. The molecule has 1 amide bonds. The summed E-state index contributed by atoms with van der Waals surface area (Å²) in [6, 6.07) is 13.3. The molecule has 3 aromatic carbocycles. The lowest BCUT2D eigenvalue weighted by atomic mass is 9.43. The number of carbonyl (C=O) groups excluding carboxylic acids is 2. The van der Waals surface area contributed by atoms with Gasteiger partial charge in [-0.05, 0) is 166 Å². The van der Waals surface area contributed by atoms with E-state index >= 15 is 0 Å². The molecule has 3 aromatic rings. The summed E-state index contributed by atoms with van der Waals surface area (Å²) < 4.78 is 12.2. The summed E-state index contributed by atoms with van der Waals surface area (Å²) in [5, 5.41) is 73.7. The highest BCUT2D eigenvalue weighted by Crippen LogP contribution is 2.68. The van der Waals surface area contributed by atoms with Crippen LogP contribution in [0.4, 0.5) is 5.69 Å². The summed E-state index contributed by atoms with van der Waals surface area (Å²) in [6.07, 6.45) is 6.42. The molecule has 0 radical (unpaired) electrons. The van der Waals surface area contributed by atoms with E-state index in [9.17, 15) is 45.0 Å². The first-order valence-corrected chi connectivity index (χ1v) is 24.2. The number of aliphatic hydroxyl groups is 3. The van der Waals surface area contributed by atoms with Gasteiger partial charge in [-0.15, -0.1) is 0 Å². The van der Waals surface area contributed by atoms with Crippen molar-refractivity contribution in [3.8, 4) is 23.0 Å². The highest BCUT2D eigenvalue weighted by molar-refractivity contribution is 7.80. The van der Waals surface area contributed by atoms with Gasteiger partial charge >= 0.3 is 11.9 Å². The van der Waals surface area contributed by atoms with Crippen LogP contribution >= 0.6 is 12.2 Å². The van der Waals surface area contributed by atoms with Crippen molar-refractivity contribution in [2.45, 2.75) is 128 Å². The van der Waals surface area contributed by atoms with E-state index in [4.69, 9.17) is 21.7 Å². The van der Waals surface area contributed by atoms with Crippen LogP contribution in [0, 0.1) is 46.3 Å². The van der Waals surface area contributed by atoms with E-state index in [1.807, 2.05) is 0 Å². The Hall–Kier alpha value is -4.96. The largest absolute Gasteiger partial charge is 0.508 e. The Morgan fingerprint density at radius 2 is 1.56 bits per heavy atom. The Morgan fingerprint density at radius 3 is 2.26 bits per heavy atom. The molecule has 4 saturated carbocycles. The number of phenols is 2. The topological polar surface area (TPSA) is 227 Å². The van der Waals surface area contributed by atoms with Crippen LogP contribution in [-0.2, 0) is 19.9 Å². The van der Waals surface area contributed by atoms with E-state index in [1.165, 1.54) is 24.3 Å². The number of hydrogen-bond acceptors (Lipinski definition) is 11. The van der Waals surface area contributed by atoms with E-state index in [0.717, 1.165) is 32.1 Å². The average molecular weight is 926 g/mol. The molecule has 4 aliphatic carbocycles. The third kappa shape index (κ3) is 7.86. The van der Waals surface area contributed by atoms with Gasteiger partial charge in [-0.2, -0.15) is 0 Å². The minimum atomic E-state index is -1.38. The number of amides is 1. The van der Waals surface area contributed by atoms with Crippen molar-refractivity contribution < 1.29 is 54.5 Å². The van der Waals surface area contributed by atoms with Crippen molar-refractivity contribution in [3.63, 3.8) is 0 Å². The third-order valence-electron chi connectivity index (χ3n) is 17.2. The summed E-state index contributed by atoms with van der Waals surface area (Å²) in [5.74, 6) is -0.411. The third-order valence-corrected chi connectivity index (χ3v) is 17.5.